The third-order valence-corrected chi connectivity index (χ3v) is 2.51. The Balaban J connectivity index is 2.27. The highest BCUT2D eigenvalue weighted by molar-refractivity contribution is 5.78. The third-order valence-electron chi connectivity index (χ3n) is 2.51. The normalized spacial score (nSPS) is 9.71. The van der Waals surface area contributed by atoms with Gasteiger partial charge in [-0.05, 0) is 36.8 Å². The van der Waals surface area contributed by atoms with Crippen molar-refractivity contribution >= 4 is 23.5 Å². The van der Waals surface area contributed by atoms with Crippen LogP contribution in [0.3, 0.4) is 0 Å². The fraction of sp³-hybridized carbons (Fsp3) is 0.0769. The van der Waals surface area contributed by atoms with Crippen molar-refractivity contribution in [2.45, 2.75) is 6.92 Å². The van der Waals surface area contributed by atoms with Gasteiger partial charge < -0.3 is 10.6 Å². The van der Waals surface area contributed by atoms with Crippen LogP contribution in [0.25, 0.3) is 0 Å². The molecule has 4 heteroatoms. The van der Waals surface area contributed by atoms with E-state index in [9.17, 15) is 4.79 Å². The van der Waals surface area contributed by atoms with E-state index < -0.39 is 0 Å². The first-order chi connectivity index (χ1) is 8.31. The number of carbonyl (C=O) groups excluding carboxylic acids is 1. The van der Waals surface area contributed by atoms with Crippen LogP contribution in [0, 0.1) is 6.92 Å². The minimum absolute atomic E-state index is 0.679. The lowest BCUT2D eigenvalue weighted by Gasteiger charge is -2.12. The summed E-state index contributed by atoms with van der Waals surface area (Å²) in [5.41, 5.74) is 3.73. The number of hydrogen-bond acceptors (Lipinski definition) is 3. The van der Waals surface area contributed by atoms with Crippen LogP contribution < -0.4 is 10.6 Å². The van der Waals surface area contributed by atoms with E-state index in [1.807, 2.05) is 37.3 Å². The lowest BCUT2D eigenvalue weighted by molar-refractivity contribution is -0.105. The molecule has 0 spiro atoms. The molecule has 0 aliphatic rings. The van der Waals surface area contributed by atoms with E-state index in [1.165, 1.54) is 0 Å². The van der Waals surface area contributed by atoms with Crippen molar-refractivity contribution in [3.63, 3.8) is 0 Å². The number of rotatable bonds is 4. The van der Waals surface area contributed by atoms with Gasteiger partial charge in [0.25, 0.3) is 0 Å². The predicted octanol–water partition coefficient (Wildman–Crippen LogP) is 2.70. The Morgan fingerprint density at radius 1 is 1.12 bits per heavy atom. The van der Waals surface area contributed by atoms with Gasteiger partial charge >= 0.3 is 0 Å². The molecule has 0 fully saturated rings. The summed E-state index contributed by atoms with van der Waals surface area (Å²) in [5, 5.41) is 5.94. The molecule has 1 amide bonds. The summed E-state index contributed by atoms with van der Waals surface area (Å²) in [5.74, 6) is 0. The van der Waals surface area contributed by atoms with E-state index >= 15 is 0 Å². The zero-order valence-corrected chi connectivity index (χ0v) is 9.47. The molecule has 4 nitrogen and oxygen atoms in total. The van der Waals surface area contributed by atoms with Gasteiger partial charge in [0.15, 0.2) is 0 Å². The monoisotopic (exact) mass is 227 g/mol. The second-order valence-corrected chi connectivity index (χ2v) is 3.60. The Morgan fingerprint density at radius 2 is 1.82 bits per heavy atom. The van der Waals surface area contributed by atoms with Gasteiger partial charge in [0.2, 0.25) is 6.41 Å². The smallest absolute Gasteiger partial charge is 0.211 e. The highest BCUT2D eigenvalue weighted by atomic mass is 16.1. The molecule has 2 N–H and O–H groups in total. The Kier molecular flexibility index (Phi) is 3.35. The van der Waals surface area contributed by atoms with E-state index in [0.717, 1.165) is 22.6 Å². The zero-order valence-electron chi connectivity index (χ0n) is 9.47. The molecule has 17 heavy (non-hydrogen) atoms. The number of anilines is 3. The molecule has 2 aromatic rings. The quantitative estimate of drug-likeness (QED) is 0.789. The first-order valence-electron chi connectivity index (χ1n) is 5.28. The SMILES string of the molecule is Cc1c(NC=O)cccc1Nc1ccncc1. The van der Waals surface area contributed by atoms with E-state index in [1.54, 1.807) is 12.4 Å². The summed E-state index contributed by atoms with van der Waals surface area (Å²) in [6.45, 7) is 1.95. The van der Waals surface area contributed by atoms with Crippen molar-refractivity contribution in [2.75, 3.05) is 10.6 Å². The summed E-state index contributed by atoms with van der Waals surface area (Å²) < 4.78 is 0. The Labute approximate surface area is 99.7 Å². The van der Waals surface area contributed by atoms with Gasteiger partial charge in [-0.15, -0.1) is 0 Å². The zero-order chi connectivity index (χ0) is 12.1. The van der Waals surface area contributed by atoms with Crippen LogP contribution >= 0.6 is 0 Å². The van der Waals surface area contributed by atoms with E-state index in [2.05, 4.69) is 15.6 Å². The molecule has 86 valence electrons. The van der Waals surface area contributed by atoms with Crippen LogP contribution in [-0.4, -0.2) is 11.4 Å². The van der Waals surface area contributed by atoms with Crippen LogP contribution in [0.5, 0.6) is 0 Å². The second-order valence-electron chi connectivity index (χ2n) is 3.60. The van der Waals surface area contributed by atoms with Crippen molar-refractivity contribution in [3.05, 3.63) is 48.3 Å². The summed E-state index contributed by atoms with van der Waals surface area (Å²) in [7, 11) is 0. The number of nitrogens with zero attached hydrogens (tertiary/aromatic N) is 1. The minimum atomic E-state index is 0.679. The number of pyridine rings is 1. The fourth-order valence-corrected chi connectivity index (χ4v) is 1.58. The second kappa shape index (κ2) is 5.12. The maximum absolute atomic E-state index is 10.5. The maximum Gasteiger partial charge on any atom is 0.211 e. The Morgan fingerprint density at radius 3 is 2.53 bits per heavy atom. The molecule has 1 aromatic carbocycles. The highest BCUT2D eigenvalue weighted by Crippen LogP contribution is 2.25. The summed E-state index contributed by atoms with van der Waals surface area (Å²) in [4.78, 5) is 14.4. The molecule has 0 saturated heterocycles. The van der Waals surface area contributed by atoms with Crippen molar-refractivity contribution < 1.29 is 4.79 Å². The van der Waals surface area contributed by atoms with Crippen LogP contribution in [0.15, 0.2) is 42.7 Å². The van der Waals surface area contributed by atoms with Crippen molar-refractivity contribution in [2.24, 2.45) is 0 Å². The van der Waals surface area contributed by atoms with Gasteiger partial charge in [0, 0.05) is 29.5 Å². The lowest BCUT2D eigenvalue weighted by Crippen LogP contribution is -1.99. The molecule has 0 bridgehead atoms. The van der Waals surface area contributed by atoms with Crippen LogP contribution in [-0.2, 0) is 4.79 Å². The molecule has 2 rings (SSSR count). The van der Waals surface area contributed by atoms with Gasteiger partial charge in [0.1, 0.15) is 0 Å². The lowest BCUT2D eigenvalue weighted by atomic mass is 10.1. The molecule has 1 aromatic heterocycles. The molecule has 0 saturated carbocycles. The molecule has 1 heterocycles. The maximum atomic E-state index is 10.5. The largest absolute Gasteiger partial charge is 0.355 e. The summed E-state index contributed by atoms with van der Waals surface area (Å²) in [6, 6.07) is 9.49. The van der Waals surface area contributed by atoms with E-state index in [-0.39, 0.29) is 0 Å². The summed E-state index contributed by atoms with van der Waals surface area (Å²) >= 11 is 0. The predicted molar refractivity (Wildman–Crippen MR) is 68.4 cm³/mol. The third kappa shape index (κ3) is 2.60. The van der Waals surface area contributed by atoms with Gasteiger partial charge in [0.05, 0.1) is 0 Å². The van der Waals surface area contributed by atoms with Crippen molar-refractivity contribution in [3.8, 4) is 0 Å². The average Bonchev–Trinajstić information content (AvgIpc) is 2.36. The van der Waals surface area contributed by atoms with Crippen LogP contribution in [0.2, 0.25) is 0 Å². The van der Waals surface area contributed by atoms with Crippen LogP contribution in [0.1, 0.15) is 5.56 Å². The number of aromatic nitrogens is 1. The van der Waals surface area contributed by atoms with Gasteiger partial charge in [-0.2, -0.15) is 0 Å². The number of amides is 1. The number of hydrogen-bond donors (Lipinski definition) is 2. The van der Waals surface area contributed by atoms with E-state index in [0.29, 0.717) is 6.41 Å². The highest BCUT2D eigenvalue weighted by Gasteiger charge is 2.03. The molecule has 0 aliphatic heterocycles. The molecule has 0 aliphatic carbocycles. The standard InChI is InChI=1S/C13H13N3O/c1-10-12(15-9-17)3-2-4-13(10)16-11-5-7-14-8-6-11/h2-9H,1H3,(H,14,16)(H,15,17). The molecule has 0 atom stereocenters. The molecular weight excluding hydrogens is 214 g/mol. The number of carbonyl (C=O) groups is 1. The van der Waals surface area contributed by atoms with Crippen molar-refractivity contribution in [1.82, 2.24) is 4.98 Å². The first kappa shape index (κ1) is 11.1. The Hall–Kier alpha value is -2.36. The first-order valence-corrected chi connectivity index (χ1v) is 5.28. The van der Waals surface area contributed by atoms with Crippen molar-refractivity contribution in [1.29, 1.82) is 0 Å². The van der Waals surface area contributed by atoms with Gasteiger partial charge in [-0.25, -0.2) is 0 Å². The number of nitrogens with one attached hydrogen (secondary N) is 2. The summed E-state index contributed by atoms with van der Waals surface area (Å²) in [6.07, 6.45) is 4.13. The fourth-order valence-electron chi connectivity index (χ4n) is 1.58. The number of benzene rings is 1. The molecular formula is C13H13N3O. The van der Waals surface area contributed by atoms with Gasteiger partial charge in [-0.3, -0.25) is 9.78 Å². The van der Waals surface area contributed by atoms with Gasteiger partial charge in [-0.1, -0.05) is 6.07 Å². The topological polar surface area (TPSA) is 54.0 Å². The minimum Gasteiger partial charge on any atom is -0.355 e. The molecule has 0 unspecified atom stereocenters. The Bertz CT molecular complexity index is 511. The van der Waals surface area contributed by atoms with Crippen LogP contribution in [0.4, 0.5) is 17.1 Å². The molecule has 0 radical (unpaired) electrons. The van der Waals surface area contributed by atoms with E-state index in [4.69, 9.17) is 0 Å². The average molecular weight is 227 g/mol.